The van der Waals surface area contributed by atoms with Crippen molar-refractivity contribution in [3.63, 3.8) is 0 Å². The van der Waals surface area contributed by atoms with Crippen molar-refractivity contribution in [2.75, 3.05) is 11.4 Å². The van der Waals surface area contributed by atoms with Crippen LogP contribution in [0.5, 0.6) is 0 Å². The van der Waals surface area contributed by atoms with Gasteiger partial charge in [0.1, 0.15) is 11.6 Å². The minimum atomic E-state index is -0.270. The fraction of sp³-hybridized carbons (Fsp3) is 0.105. The summed E-state index contributed by atoms with van der Waals surface area (Å²) >= 11 is 0. The topological polar surface area (TPSA) is 16.1 Å². The molecule has 0 saturated heterocycles. The Balaban J connectivity index is 1.85. The molecule has 0 fully saturated rings. The summed E-state index contributed by atoms with van der Waals surface area (Å²) < 4.78 is 26.5. The highest BCUT2D eigenvalue weighted by Gasteiger charge is 2.10. The van der Waals surface area contributed by atoms with Gasteiger partial charge in [0.25, 0.3) is 0 Å². The summed E-state index contributed by atoms with van der Waals surface area (Å²) in [6, 6.07) is 16.7. The van der Waals surface area contributed by atoms with E-state index in [1.165, 1.54) is 24.3 Å². The monoisotopic (exact) mass is 310 g/mol. The summed E-state index contributed by atoms with van der Waals surface area (Å²) in [5, 5.41) is 0. The zero-order chi connectivity index (χ0) is 16.1. The third-order valence-corrected chi connectivity index (χ3v) is 3.63. The standard InChI is InChI=1S/C19H16F2N2/c20-16-4-6-18(7-5-16)23(19-8-11-22-12-9-19)13-10-15-2-1-3-17(21)14-15/h1-9,11-12,14H,10,13H2. The summed E-state index contributed by atoms with van der Waals surface area (Å²) in [4.78, 5) is 6.09. The molecule has 116 valence electrons. The molecule has 0 aliphatic carbocycles. The molecule has 2 nitrogen and oxygen atoms in total. The lowest BCUT2D eigenvalue weighted by molar-refractivity contribution is 0.625. The predicted octanol–water partition coefficient (Wildman–Crippen LogP) is 4.74. The third-order valence-electron chi connectivity index (χ3n) is 3.63. The van der Waals surface area contributed by atoms with E-state index >= 15 is 0 Å². The molecule has 0 unspecified atom stereocenters. The maximum atomic E-state index is 13.3. The van der Waals surface area contributed by atoms with Crippen LogP contribution in [0.1, 0.15) is 5.56 Å². The summed E-state index contributed by atoms with van der Waals surface area (Å²) in [5.41, 5.74) is 2.77. The normalized spacial score (nSPS) is 10.5. The van der Waals surface area contributed by atoms with Crippen LogP contribution in [0.3, 0.4) is 0 Å². The van der Waals surface area contributed by atoms with E-state index < -0.39 is 0 Å². The van der Waals surface area contributed by atoms with Gasteiger partial charge in [0.2, 0.25) is 0 Å². The Kier molecular flexibility index (Phi) is 4.62. The maximum absolute atomic E-state index is 13.3. The second-order valence-electron chi connectivity index (χ2n) is 5.21. The Hall–Kier alpha value is -2.75. The van der Waals surface area contributed by atoms with Crippen LogP contribution >= 0.6 is 0 Å². The molecule has 0 radical (unpaired) electrons. The molecule has 0 aliphatic heterocycles. The Labute approximate surface area is 134 Å². The molecule has 0 aliphatic rings. The van der Waals surface area contributed by atoms with Gasteiger partial charge in [-0.05, 0) is 60.5 Å². The fourth-order valence-electron chi connectivity index (χ4n) is 2.49. The van der Waals surface area contributed by atoms with Gasteiger partial charge >= 0.3 is 0 Å². The zero-order valence-corrected chi connectivity index (χ0v) is 12.5. The number of aromatic nitrogens is 1. The number of hydrogen-bond donors (Lipinski definition) is 0. The van der Waals surface area contributed by atoms with Crippen molar-refractivity contribution in [3.05, 3.63) is 90.3 Å². The number of pyridine rings is 1. The van der Waals surface area contributed by atoms with Crippen LogP contribution in [-0.2, 0) is 6.42 Å². The van der Waals surface area contributed by atoms with Crippen LogP contribution in [0.4, 0.5) is 20.2 Å². The van der Waals surface area contributed by atoms with Crippen molar-refractivity contribution in [1.82, 2.24) is 4.98 Å². The van der Waals surface area contributed by atoms with Crippen LogP contribution in [0.2, 0.25) is 0 Å². The van der Waals surface area contributed by atoms with E-state index in [1.54, 1.807) is 30.6 Å². The summed E-state index contributed by atoms with van der Waals surface area (Å²) in [6.45, 7) is 0.652. The summed E-state index contributed by atoms with van der Waals surface area (Å²) in [7, 11) is 0. The van der Waals surface area contributed by atoms with E-state index in [2.05, 4.69) is 9.88 Å². The first-order valence-electron chi connectivity index (χ1n) is 7.40. The molecule has 23 heavy (non-hydrogen) atoms. The number of nitrogens with zero attached hydrogens (tertiary/aromatic N) is 2. The molecule has 1 aromatic heterocycles. The minimum absolute atomic E-state index is 0.236. The van der Waals surface area contributed by atoms with Crippen molar-refractivity contribution in [2.45, 2.75) is 6.42 Å². The smallest absolute Gasteiger partial charge is 0.123 e. The highest BCUT2D eigenvalue weighted by Crippen LogP contribution is 2.25. The Morgan fingerprint density at radius 2 is 1.48 bits per heavy atom. The minimum Gasteiger partial charge on any atom is -0.341 e. The first-order valence-corrected chi connectivity index (χ1v) is 7.40. The van der Waals surface area contributed by atoms with Crippen molar-refractivity contribution in [2.24, 2.45) is 0 Å². The van der Waals surface area contributed by atoms with Gasteiger partial charge in [-0.3, -0.25) is 4.98 Å². The average molecular weight is 310 g/mol. The molecule has 3 rings (SSSR count). The van der Waals surface area contributed by atoms with Gasteiger partial charge in [0.05, 0.1) is 0 Å². The van der Waals surface area contributed by atoms with Crippen LogP contribution in [-0.4, -0.2) is 11.5 Å². The van der Waals surface area contributed by atoms with E-state index in [9.17, 15) is 8.78 Å². The third kappa shape index (κ3) is 3.92. The Morgan fingerprint density at radius 3 is 2.17 bits per heavy atom. The number of halogens is 2. The highest BCUT2D eigenvalue weighted by molar-refractivity contribution is 5.62. The van der Waals surface area contributed by atoms with Crippen molar-refractivity contribution in [3.8, 4) is 0 Å². The zero-order valence-electron chi connectivity index (χ0n) is 12.5. The average Bonchev–Trinajstić information content (AvgIpc) is 2.58. The van der Waals surface area contributed by atoms with Gasteiger partial charge in [0, 0.05) is 30.3 Å². The molecular weight excluding hydrogens is 294 g/mol. The lowest BCUT2D eigenvalue weighted by atomic mass is 10.1. The molecule has 0 bridgehead atoms. The van der Waals surface area contributed by atoms with Gasteiger partial charge in [-0.1, -0.05) is 12.1 Å². The molecule has 4 heteroatoms. The van der Waals surface area contributed by atoms with Gasteiger partial charge in [0.15, 0.2) is 0 Å². The fourth-order valence-corrected chi connectivity index (χ4v) is 2.49. The quantitative estimate of drug-likeness (QED) is 0.676. The lowest BCUT2D eigenvalue weighted by Crippen LogP contribution is -2.20. The molecule has 0 spiro atoms. The Bertz CT molecular complexity index is 758. The van der Waals surface area contributed by atoms with Crippen LogP contribution in [0.25, 0.3) is 0 Å². The van der Waals surface area contributed by atoms with E-state index in [-0.39, 0.29) is 11.6 Å². The van der Waals surface area contributed by atoms with E-state index in [0.29, 0.717) is 13.0 Å². The molecule has 2 aromatic carbocycles. The maximum Gasteiger partial charge on any atom is 0.123 e. The molecule has 3 aromatic rings. The van der Waals surface area contributed by atoms with Crippen LogP contribution in [0.15, 0.2) is 73.1 Å². The largest absolute Gasteiger partial charge is 0.341 e. The number of rotatable bonds is 5. The van der Waals surface area contributed by atoms with Crippen molar-refractivity contribution >= 4 is 11.4 Å². The first kappa shape index (κ1) is 15.2. The number of anilines is 2. The second kappa shape index (κ2) is 7.01. The molecule has 0 saturated carbocycles. The summed E-state index contributed by atoms with van der Waals surface area (Å²) in [5.74, 6) is -0.506. The summed E-state index contributed by atoms with van der Waals surface area (Å²) in [6.07, 6.45) is 4.11. The first-order chi connectivity index (χ1) is 11.2. The Morgan fingerprint density at radius 1 is 0.783 bits per heavy atom. The molecule has 1 heterocycles. The lowest BCUT2D eigenvalue weighted by Gasteiger charge is -2.25. The number of hydrogen-bond acceptors (Lipinski definition) is 2. The van der Waals surface area contributed by atoms with E-state index in [4.69, 9.17) is 0 Å². The molecular formula is C19H16F2N2. The van der Waals surface area contributed by atoms with E-state index in [0.717, 1.165) is 16.9 Å². The van der Waals surface area contributed by atoms with E-state index in [1.807, 2.05) is 18.2 Å². The van der Waals surface area contributed by atoms with Crippen molar-refractivity contribution < 1.29 is 8.78 Å². The highest BCUT2D eigenvalue weighted by atomic mass is 19.1. The molecule has 0 amide bonds. The molecule has 0 atom stereocenters. The van der Waals surface area contributed by atoms with Gasteiger partial charge in [-0.25, -0.2) is 8.78 Å². The van der Waals surface area contributed by atoms with Gasteiger partial charge in [-0.15, -0.1) is 0 Å². The number of benzene rings is 2. The predicted molar refractivity (Wildman–Crippen MR) is 87.7 cm³/mol. The van der Waals surface area contributed by atoms with Gasteiger partial charge in [-0.2, -0.15) is 0 Å². The van der Waals surface area contributed by atoms with Crippen molar-refractivity contribution in [1.29, 1.82) is 0 Å². The van der Waals surface area contributed by atoms with Crippen LogP contribution < -0.4 is 4.90 Å². The second-order valence-corrected chi connectivity index (χ2v) is 5.21. The SMILES string of the molecule is Fc1ccc(N(CCc2cccc(F)c2)c2ccncc2)cc1. The van der Waals surface area contributed by atoms with Crippen LogP contribution in [0, 0.1) is 11.6 Å². The molecule has 0 N–H and O–H groups in total. The van der Waals surface area contributed by atoms with Gasteiger partial charge < -0.3 is 4.90 Å².